The van der Waals surface area contributed by atoms with Crippen LogP contribution < -0.4 is 10.6 Å². The zero-order valence-corrected chi connectivity index (χ0v) is 15.1. The summed E-state index contributed by atoms with van der Waals surface area (Å²) in [6, 6.07) is 8.82. The normalized spacial score (nSPS) is 10.2. The molecule has 0 fully saturated rings. The monoisotopic (exact) mass is 430 g/mol. The summed E-state index contributed by atoms with van der Waals surface area (Å²) in [6.07, 6.45) is 0.411. The van der Waals surface area contributed by atoms with Crippen molar-refractivity contribution in [3.05, 3.63) is 43.5 Å². The summed E-state index contributed by atoms with van der Waals surface area (Å²) in [5, 5.41) is 5.56. The Bertz CT molecular complexity index is 666. The van der Waals surface area contributed by atoms with E-state index in [4.69, 9.17) is 0 Å². The fourth-order valence-electron chi connectivity index (χ4n) is 1.58. The highest BCUT2D eigenvalue weighted by Crippen LogP contribution is 2.32. The zero-order chi connectivity index (χ0) is 15.4. The second-order valence-corrected chi connectivity index (χ2v) is 7.39. The average molecular weight is 432 g/mol. The first-order valence-electron chi connectivity index (χ1n) is 6.15. The predicted octanol–water partition coefficient (Wildman–Crippen LogP) is 4.87. The molecule has 2 N–H and O–H groups in total. The van der Waals surface area contributed by atoms with E-state index < -0.39 is 0 Å². The van der Waals surface area contributed by atoms with Crippen LogP contribution in [0.4, 0.5) is 11.4 Å². The van der Waals surface area contributed by atoms with Crippen LogP contribution >= 0.6 is 43.2 Å². The van der Waals surface area contributed by atoms with Crippen molar-refractivity contribution in [3.8, 4) is 0 Å². The molecule has 0 radical (unpaired) electrons. The van der Waals surface area contributed by atoms with Crippen LogP contribution in [-0.4, -0.2) is 11.8 Å². The molecule has 2 amide bonds. The van der Waals surface area contributed by atoms with Crippen LogP contribution in [0, 0.1) is 0 Å². The largest absolute Gasteiger partial charge is 0.326 e. The maximum Gasteiger partial charge on any atom is 0.265 e. The van der Waals surface area contributed by atoms with Gasteiger partial charge in [-0.1, -0.05) is 13.0 Å². The van der Waals surface area contributed by atoms with Gasteiger partial charge in [0.1, 0.15) is 0 Å². The minimum atomic E-state index is -0.189. The molecule has 1 aromatic carbocycles. The Labute approximate surface area is 143 Å². The topological polar surface area (TPSA) is 58.2 Å². The summed E-state index contributed by atoms with van der Waals surface area (Å²) in [5.41, 5.74) is 1.29. The maximum atomic E-state index is 12.1. The molecule has 21 heavy (non-hydrogen) atoms. The molecule has 0 aliphatic carbocycles. The summed E-state index contributed by atoms with van der Waals surface area (Å²) in [4.78, 5) is 24.1. The van der Waals surface area contributed by atoms with Gasteiger partial charge >= 0.3 is 0 Å². The Morgan fingerprint density at radius 3 is 2.38 bits per heavy atom. The summed E-state index contributed by atoms with van der Waals surface area (Å²) in [5.74, 6) is -0.255. The van der Waals surface area contributed by atoms with E-state index in [0.29, 0.717) is 22.7 Å². The van der Waals surface area contributed by atoms with Crippen LogP contribution in [0.25, 0.3) is 0 Å². The van der Waals surface area contributed by atoms with Gasteiger partial charge in [0.05, 0.1) is 8.66 Å². The van der Waals surface area contributed by atoms with Gasteiger partial charge in [0.25, 0.3) is 5.91 Å². The fourth-order valence-corrected chi connectivity index (χ4v) is 3.51. The van der Waals surface area contributed by atoms with Crippen LogP contribution in [0.1, 0.15) is 23.0 Å². The van der Waals surface area contributed by atoms with Crippen molar-refractivity contribution >= 4 is 66.4 Å². The fraction of sp³-hybridized carbons (Fsp3) is 0.143. The smallest absolute Gasteiger partial charge is 0.265 e. The van der Waals surface area contributed by atoms with E-state index >= 15 is 0 Å². The summed E-state index contributed by atoms with van der Waals surface area (Å²) < 4.78 is 1.72. The first kappa shape index (κ1) is 16.2. The van der Waals surface area contributed by atoms with Crippen molar-refractivity contribution in [1.82, 2.24) is 0 Å². The van der Waals surface area contributed by atoms with Gasteiger partial charge in [0.15, 0.2) is 0 Å². The van der Waals surface area contributed by atoms with E-state index in [2.05, 4.69) is 42.5 Å². The number of rotatable bonds is 4. The number of carbonyl (C=O) groups is 2. The number of hydrogen-bond acceptors (Lipinski definition) is 3. The Kier molecular flexibility index (Phi) is 5.55. The summed E-state index contributed by atoms with van der Waals surface area (Å²) in [6.45, 7) is 1.79. The van der Waals surface area contributed by atoms with Gasteiger partial charge < -0.3 is 10.6 Å². The number of hydrogen-bond donors (Lipinski definition) is 2. The third kappa shape index (κ3) is 4.39. The predicted molar refractivity (Wildman–Crippen MR) is 93.0 cm³/mol. The van der Waals surface area contributed by atoms with E-state index in [-0.39, 0.29) is 11.8 Å². The lowest BCUT2D eigenvalue weighted by molar-refractivity contribution is -0.115. The molecule has 0 atom stereocenters. The summed E-state index contributed by atoms with van der Waals surface area (Å²) >= 11 is 8.06. The second kappa shape index (κ2) is 7.20. The van der Waals surface area contributed by atoms with Gasteiger partial charge in [-0.2, -0.15) is 0 Å². The van der Waals surface area contributed by atoms with E-state index in [1.54, 1.807) is 37.3 Å². The number of nitrogens with one attached hydrogen (secondary N) is 2. The highest BCUT2D eigenvalue weighted by Gasteiger charge is 2.12. The van der Waals surface area contributed by atoms with E-state index in [0.717, 1.165) is 8.26 Å². The molecule has 1 aromatic heterocycles. The number of carbonyl (C=O) groups excluding carboxylic acids is 2. The first-order valence-corrected chi connectivity index (χ1v) is 8.56. The Morgan fingerprint density at radius 2 is 1.81 bits per heavy atom. The third-order valence-electron chi connectivity index (χ3n) is 2.59. The Morgan fingerprint density at radius 1 is 1.14 bits per heavy atom. The van der Waals surface area contributed by atoms with Gasteiger partial charge in [0.2, 0.25) is 5.91 Å². The number of thiophene rings is 1. The molecule has 2 aromatic rings. The lowest BCUT2D eigenvalue weighted by atomic mass is 10.2. The lowest BCUT2D eigenvalue weighted by Crippen LogP contribution is -2.12. The molecule has 0 aliphatic rings. The minimum Gasteiger partial charge on any atom is -0.326 e. The molecule has 0 spiro atoms. The van der Waals surface area contributed by atoms with Gasteiger partial charge in [-0.25, -0.2) is 0 Å². The maximum absolute atomic E-state index is 12.1. The van der Waals surface area contributed by atoms with Crippen molar-refractivity contribution in [2.24, 2.45) is 0 Å². The molecular weight excluding hydrogens is 420 g/mol. The molecule has 0 saturated heterocycles. The molecule has 0 saturated carbocycles. The van der Waals surface area contributed by atoms with Crippen LogP contribution in [0.2, 0.25) is 0 Å². The lowest BCUT2D eigenvalue weighted by Gasteiger charge is -2.07. The van der Waals surface area contributed by atoms with Crippen LogP contribution in [0.3, 0.4) is 0 Å². The quantitative estimate of drug-likeness (QED) is 0.725. The van der Waals surface area contributed by atoms with Crippen molar-refractivity contribution in [2.75, 3.05) is 10.6 Å². The molecule has 2 rings (SSSR count). The van der Waals surface area contributed by atoms with Gasteiger partial charge in [-0.15, -0.1) is 11.3 Å². The number of benzene rings is 1. The molecule has 1 heterocycles. The molecule has 110 valence electrons. The zero-order valence-electron chi connectivity index (χ0n) is 11.1. The van der Waals surface area contributed by atoms with Crippen molar-refractivity contribution in [3.63, 3.8) is 0 Å². The van der Waals surface area contributed by atoms with Crippen LogP contribution in [-0.2, 0) is 4.79 Å². The Hall–Kier alpha value is -1.18. The van der Waals surface area contributed by atoms with Crippen molar-refractivity contribution < 1.29 is 9.59 Å². The molecule has 0 unspecified atom stereocenters. The minimum absolute atomic E-state index is 0.0652. The van der Waals surface area contributed by atoms with Gasteiger partial charge in [0, 0.05) is 22.3 Å². The van der Waals surface area contributed by atoms with Crippen LogP contribution in [0.15, 0.2) is 38.6 Å². The van der Waals surface area contributed by atoms with Crippen molar-refractivity contribution in [1.29, 1.82) is 0 Å². The van der Waals surface area contributed by atoms with Gasteiger partial charge in [-0.05, 0) is 56.1 Å². The highest BCUT2D eigenvalue weighted by atomic mass is 79.9. The first-order chi connectivity index (χ1) is 9.99. The molecule has 7 heteroatoms. The molecule has 0 bridgehead atoms. The number of amides is 2. The van der Waals surface area contributed by atoms with E-state index in [1.807, 2.05) is 0 Å². The summed E-state index contributed by atoms with van der Waals surface area (Å²) in [7, 11) is 0. The van der Waals surface area contributed by atoms with E-state index in [1.165, 1.54) is 11.3 Å². The second-order valence-electron chi connectivity index (χ2n) is 4.17. The number of halogens is 2. The van der Waals surface area contributed by atoms with E-state index in [9.17, 15) is 9.59 Å². The van der Waals surface area contributed by atoms with Crippen LogP contribution in [0.5, 0.6) is 0 Å². The standard InChI is InChI=1S/C14H12Br2N2O2S/c1-2-12(19)17-8-4-3-5-9(6-8)18-14(20)11-7-10(15)13(16)21-11/h3-7H,2H2,1H3,(H,17,19)(H,18,20). The highest BCUT2D eigenvalue weighted by molar-refractivity contribution is 9.13. The molecular formula is C14H12Br2N2O2S. The van der Waals surface area contributed by atoms with Crippen molar-refractivity contribution in [2.45, 2.75) is 13.3 Å². The SMILES string of the molecule is CCC(=O)Nc1cccc(NC(=O)c2cc(Br)c(Br)s2)c1. The van der Waals surface area contributed by atoms with Gasteiger partial charge in [-0.3, -0.25) is 9.59 Å². The Balaban J connectivity index is 2.10. The molecule has 4 nitrogen and oxygen atoms in total. The number of anilines is 2. The molecule has 0 aliphatic heterocycles. The average Bonchev–Trinajstić information content (AvgIpc) is 2.79. The third-order valence-corrected chi connectivity index (χ3v) is 5.85.